The van der Waals surface area contributed by atoms with E-state index in [9.17, 15) is 9.59 Å². The highest BCUT2D eigenvalue weighted by Crippen LogP contribution is 2.14. The molecule has 0 saturated heterocycles. The van der Waals surface area contributed by atoms with Crippen molar-refractivity contribution in [2.45, 2.75) is 45.7 Å². The summed E-state index contributed by atoms with van der Waals surface area (Å²) < 4.78 is 0. The lowest BCUT2D eigenvalue weighted by molar-refractivity contribution is -0.141. The second-order valence-corrected chi connectivity index (χ2v) is 4.59. The average molecular weight is 216 g/mol. The number of carboxylic acid groups (broad SMARTS) is 1. The maximum atomic E-state index is 11.7. The van der Waals surface area contributed by atoms with E-state index in [4.69, 9.17) is 10.8 Å². The molecule has 5 heteroatoms. The van der Waals surface area contributed by atoms with Gasteiger partial charge in [-0.25, -0.2) is 0 Å². The van der Waals surface area contributed by atoms with Crippen LogP contribution in [0.25, 0.3) is 0 Å². The molecular weight excluding hydrogens is 196 g/mol. The number of hydrogen-bond acceptors (Lipinski definition) is 3. The molecule has 0 spiro atoms. The molecule has 0 bridgehead atoms. The monoisotopic (exact) mass is 216 g/mol. The molecule has 0 radical (unpaired) electrons. The van der Waals surface area contributed by atoms with Gasteiger partial charge in [-0.05, 0) is 27.7 Å². The Morgan fingerprint density at radius 1 is 1.40 bits per heavy atom. The molecule has 1 atom stereocenters. The summed E-state index contributed by atoms with van der Waals surface area (Å²) in [4.78, 5) is 23.7. The minimum atomic E-state index is -0.915. The minimum absolute atomic E-state index is 0.0598. The Morgan fingerprint density at radius 2 is 1.87 bits per heavy atom. The van der Waals surface area contributed by atoms with E-state index in [-0.39, 0.29) is 18.9 Å². The van der Waals surface area contributed by atoms with Gasteiger partial charge in [0.25, 0.3) is 0 Å². The molecule has 0 heterocycles. The lowest BCUT2D eigenvalue weighted by atomic mass is 10.0. The van der Waals surface area contributed by atoms with E-state index in [0.717, 1.165) is 0 Å². The van der Waals surface area contributed by atoms with Crippen LogP contribution >= 0.6 is 0 Å². The first-order chi connectivity index (χ1) is 6.66. The lowest BCUT2D eigenvalue weighted by Crippen LogP contribution is -2.52. The molecule has 0 aromatic carbocycles. The minimum Gasteiger partial charge on any atom is -0.481 e. The van der Waals surface area contributed by atoms with Crippen molar-refractivity contribution in [1.82, 2.24) is 4.90 Å². The Balaban J connectivity index is 4.60. The summed E-state index contributed by atoms with van der Waals surface area (Å²) in [6.45, 7) is 7.36. The van der Waals surface area contributed by atoms with Crippen LogP contribution in [0.2, 0.25) is 0 Å². The molecule has 3 N–H and O–H groups in total. The quantitative estimate of drug-likeness (QED) is 0.714. The summed E-state index contributed by atoms with van der Waals surface area (Å²) in [5, 5.41) is 8.58. The Morgan fingerprint density at radius 3 is 2.13 bits per heavy atom. The molecule has 1 amide bonds. The third-order valence-corrected chi connectivity index (χ3v) is 2.01. The first-order valence-electron chi connectivity index (χ1n) is 4.95. The van der Waals surface area contributed by atoms with E-state index in [2.05, 4.69) is 0 Å². The standard InChI is InChI=1S/C10H20N2O3/c1-7(11)9(15)12(10(2,3)4)6-5-8(13)14/h7H,5-6,11H2,1-4H3,(H,13,14). The van der Waals surface area contributed by atoms with Crippen LogP contribution in [0.3, 0.4) is 0 Å². The maximum Gasteiger partial charge on any atom is 0.305 e. The third kappa shape index (κ3) is 4.78. The van der Waals surface area contributed by atoms with Gasteiger partial charge in [0.2, 0.25) is 5.91 Å². The zero-order valence-electron chi connectivity index (χ0n) is 9.78. The van der Waals surface area contributed by atoms with E-state index >= 15 is 0 Å². The van der Waals surface area contributed by atoms with Gasteiger partial charge < -0.3 is 15.7 Å². The van der Waals surface area contributed by atoms with Gasteiger partial charge in [0.15, 0.2) is 0 Å². The molecule has 5 nitrogen and oxygen atoms in total. The number of hydrogen-bond donors (Lipinski definition) is 2. The topological polar surface area (TPSA) is 83.6 Å². The molecule has 0 saturated carbocycles. The summed E-state index contributed by atoms with van der Waals surface area (Å²) >= 11 is 0. The van der Waals surface area contributed by atoms with Crippen molar-refractivity contribution in [3.05, 3.63) is 0 Å². The molecule has 0 aromatic rings. The van der Waals surface area contributed by atoms with Gasteiger partial charge in [0.05, 0.1) is 12.5 Å². The van der Waals surface area contributed by atoms with Crippen molar-refractivity contribution in [3.63, 3.8) is 0 Å². The number of carbonyl (C=O) groups is 2. The Bertz CT molecular complexity index is 244. The normalized spacial score (nSPS) is 13.4. The largest absolute Gasteiger partial charge is 0.481 e. The van der Waals surface area contributed by atoms with Crippen molar-refractivity contribution in [1.29, 1.82) is 0 Å². The number of rotatable bonds is 4. The molecule has 0 rings (SSSR count). The fourth-order valence-corrected chi connectivity index (χ4v) is 1.23. The predicted molar refractivity (Wildman–Crippen MR) is 57.4 cm³/mol. The highest BCUT2D eigenvalue weighted by Gasteiger charge is 2.28. The van der Waals surface area contributed by atoms with E-state index in [1.54, 1.807) is 6.92 Å². The molecule has 15 heavy (non-hydrogen) atoms. The van der Waals surface area contributed by atoms with Crippen LogP contribution in [-0.2, 0) is 9.59 Å². The van der Waals surface area contributed by atoms with Crippen LogP contribution in [0.4, 0.5) is 0 Å². The third-order valence-electron chi connectivity index (χ3n) is 2.01. The zero-order valence-corrected chi connectivity index (χ0v) is 9.78. The molecule has 0 aliphatic heterocycles. The number of carboxylic acids is 1. The second kappa shape index (κ2) is 5.11. The van der Waals surface area contributed by atoms with Crippen LogP contribution in [0.1, 0.15) is 34.1 Å². The molecule has 88 valence electrons. The van der Waals surface area contributed by atoms with E-state index in [1.807, 2.05) is 20.8 Å². The van der Waals surface area contributed by atoms with Gasteiger partial charge in [-0.2, -0.15) is 0 Å². The van der Waals surface area contributed by atoms with E-state index < -0.39 is 17.6 Å². The van der Waals surface area contributed by atoms with Gasteiger partial charge in [-0.1, -0.05) is 0 Å². The maximum absolute atomic E-state index is 11.7. The summed E-state index contributed by atoms with van der Waals surface area (Å²) in [7, 11) is 0. The fraction of sp³-hybridized carbons (Fsp3) is 0.800. The summed E-state index contributed by atoms with van der Waals surface area (Å²) in [6.07, 6.45) is -0.0598. The molecular formula is C10H20N2O3. The highest BCUT2D eigenvalue weighted by molar-refractivity contribution is 5.82. The van der Waals surface area contributed by atoms with Gasteiger partial charge >= 0.3 is 5.97 Å². The molecule has 0 fully saturated rings. The zero-order chi connectivity index (χ0) is 12.2. The van der Waals surface area contributed by atoms with Gasteiger partial charge in [-0.3, -0.25) is 9.59 Å². The number of nitrogens with zero attached hydrogens (tertiary/aromatic N) is 1. The summed E-state index contributed by atoms with van der Waals surface area (Å²) in [5.74, 6) is -1.13. The molecule has 1 unspecified atom stereocenters. The van der Waals surface area contributed by atoms with Crippen LogP contribution in [0, 0.1) is 0 Å². The van der Waals surface area contributed by atoms with E-state index in [0.29, 0.717) is 0 Å². The number of amides is 1. The Kier molecular flexibility index (Phi) is 4.74. The molecule has 0 aliphatic rings. The molecule has 0 aliphatic carbocycles. The number of aliphatic carboxylic acids is 1. The number of carbonyl (C=O) groups excluding carboxylic acids is 1. The Hall–Kier alpha value is -1.10. The van der Waals surface area contributed by atoms with Crippen LogP contribution in [0.15, 0.2) is 0 Å². The van der Waals surface area contributed by atoms with Crippen LogP contribution < -0.4 is 5.73 Å². The van der Waals surface area contributed by atoms with E-state index in [1.165, 1.54) is 4.90 Å². The summed E-state index contributed by atoms with van der Waals surface area (Å²) in [5.41, 5.74) is 5.10. The molecule has 0 aromatic heterocycles. The van der Waals surface area contributed by atoms with Gasteiger partial charge in [-0.15, -0.1) is 0 Å². The first kappa shape index (κ1) is 13.9. The second-order valence-electron chi connectivity index (χ2n) is 4.59. The van der Waals surface area contributed by atoms with Crippen LogP contribution in [0.5, 0.6) is 0 Å². The smallest absolute Gasteiger partial charge is 0.305 e. The van der Waals surface area contributed by atoms with Crippen LogP contribution in [-0.4, -0.2) is 40.0 Å². The van der Waals surface area contributed by atoms with Crippen molar-refractivity contribution in [2.24, 2.45) is 5.73 Å². The average Bonchev–Trinajstić information content (AvgIpc) is 2.00. The van der Waals surface area contributed by atoms with Crippen molar-refractivity contribution >= 4 is 11.9 Å². The van der Waals surface area contributed by atoms with Gasteiger partial charge in [0.1, 0.15) is 0 Å². The SMILES string of the molecule is CC(N)C(=O)N(CCC(=O)O)C(C)(C)C. The fourth-order valence-electron chi connectivity index (χ4n) is 1.23. The van der Waals surface area contributed by atoms with Crippen molar-refractivity contribution in [2.75, 3.05) is 6.54 Å². The Labute approximate surface area is 90.2 Å². The van der Waals surface area contributed by atoms with Gasteiger partial charge in [0, 0.05) is 12.1 Å². The van der Waals surface area contributed by atoms with Crippen molar-refractivity contribution in [3.8, 4) is 0 Å². The first-order valence-corrected chi connectivity index (χ1v) is 4.95. The highest BCUT2D eigenvalue weighted by atomic mass is 16.4. The number of nitrogens with two attached hydrogens (primary N) is 1. The predicted octanol–water partition coefficient (Wildman–Crippen LogP) is 0.435. The summed E-state index contributed by atoms with van der Waals surface area (Å²) in [6, 6.07) is -0.599. The lowest BCUT2D eigenvalue weighted by Gasteiger charge is -2.36. The van der Waals surface area contributed by atoms with Crippen molar-refractivity contribution < 1.29 is 14.7 Å².